The highest BCUT2D eigenvalue weighted by molar-refractivity contribution is 6.58. The second-order valence-electron chi connectivity index (χ2n) is 2.47. The standard InChI is InChI=1S/C6H2BF5O2.BH2O2/c8-2-1(7(13)14)3(9)5(11)6(12)4(2)10;2-1-3/h13-14H;2-3H. The van der Waals surface area contributed by atoms with E-state index in [1.54, 1.807) is 0 Å². The van der Waals surface area contributed by atoms with Gasteiger partial charge in [-0.3, -0.25) is 0 Å². The van der Waals surface area contributed by atoms with Crippen LogP contribution in [0.4, 0.5) is 22.0 Å². The molecule has 0 fully saturated rings. The minimum absolute atomic E-state index is 0. The summed E-state index contributed by atoms with van der Waals surface area (Å²) >= 11 is 0. The zero-order valence-corrected chi connectivity index (χ0v) is 7.83. The molecule has 4 nitrogen and oxygen atoms in total. The molecule has 0 aliphatic heterocycles. The molecule has 0 saturated heterocycles. The molecule has 93 valence electrons. The lowest BCUT2D eigenvalue weighted by molar-refractivity contribution is 0.373. The Morgan fingerprint density at radius 3 is 1.18 bits per heavy atom. The quantitative estimate of drug-likeness (QED) is 0.215. The minimum Gasteiger partial charge on any atom is -0.429 e. The molecule has 1 rings (SSSR count). The Labute approximate surface area is 92.4 Å². The summed E-state index contributed by atoms with van der Waals surface area (Å²) in [4.78, 5) is 0. The summed E-state index contributed by atoms with van der Waals surface area (Å²) in [5.74, 6) is -11.3. The van der Waals surface area contributed by atoms with E-state index in [0.29, 0.717) is 0 Å². The van der Waals surface area contributed by atoms with E-state index in [4.69, 9.17) is 20.1 Å². The summed E-state index contributed by atoms with van der Waals surface area (Å²) < 4.78 is 62.4. The van der Waals surface area contributed by atoms with Crippen LogP contribution in [0.1, 0.15) is 0 Å². The average molecular weight is 257 g/mol. The second-order valence-corrected chi connectivity index (χ2v) is 2.47. The molecule has 0 spiro atoms. The molecular formula is C6H4B2F5O4. The minimum atomic E-state index is -2.76. The summed E-state index contributed by atoms with van der Waals surface area (Å²) in [6.07, 6.45) is 0. The Bertz CT molecular complexity index is 373. The fraction of sp³-hybridized carbons (Fsp3) is 0. The van der Waals surface area contributed by atoms with Crippen molar-refractivity contribution in [2.45, 2.75) is 0 Å². The van der Waals surface area contributed by atoms with Crippen LogP contribution in [0.15, 0.2) is 0 Å². The molecule has 4 N–H and O–H groups in total. The van der Waals surface area contributed by atoms with Crippen LogP contribution in [-0.2, 0) is 0 Å². The lowest BCUT2D eigenvalue weighted by atomic mass is 9.79. The maximum absolute atomic E-state index is 12.6. The van der Waals surface area contributed by atoms with Gasteiger partial charge in [0.2, 0.25) is 0 Å². The van der Waals surface area contributed by atoms with Crippen LogP contribution in [0.25, 0.3) is 0 Å². The van der Waals surface area contributed by atoms with Gasteiger partial charge in [-0.25, -0.2) is 22.0 Å². The summed E-state index contributed by atoms with van der Waals surface area (Å²) in [5, 5.41) is 30.7. The highest BCUT2D eigenvalue weighted by Gasteiger charge is 2.31. The van der Waals surface area contributed by atoms with Crippen LogP contribution in [-0.4, -0.2) is 34.9 Å². The van der Waals surface area contributed by atoms with Crippen molar-refractivity contribution in [2.24, 2.45) is 0 Å². The second kappa shape index (κ2) is 6.54. The molecule has 0 aliphatic carbocycles. The van der Waals surface area contributed by atoms with Crippen LogP contribution >= 0.6 is 0 Å². The maximum Gasteiger partial charge on any atom is 0.494 e. The predicted molar refractivity (Wildman–Crippen MR) is 46.2 cm³/mol. The monoisotopic (exact) mass is 257 g/mol. The SMILES string of the molecule is OB(O)c1c(F)c(F)c(F)c(F)c1F.O[B]O. The largest absolute Gasteiger partial charge is 0.494 e. The van der Waals surface area contributed by atoms with Gasteiger partial charge in [0.15, 0.2) is 29.1 Å². The number of hydrogen-bond acceptors (Lipinski definition) is 4. The van der Waals surface area contributed by atoms with E-state index in [1.165, 1.54) is 0 Å². The number of rotatable bonds is 1. The fourth-order valence-electron chi connectivity index (χ4n) is 0.849. The van der Waals surface area contributed by atoms with Crippen molar-refractivity contribution < 1.29 is 42.0 Å². The Hall–Kier alpha value is -1.16. The molecule has 0 bridgehead atoms. The van der Waals surface area contributed by atoms with Crippen LogP contribution in [0.5, 0.6) is 0 Å². The van der Waals surface area contributed by atoms with Crippen LogP contribution in [0.3, 0.4) is 0 Å². The molecule has 1 aromatic carbocycles. The highest BCUT2D eigenvalue weighted by atomic mass is 19.2. The van der Waals surface area contributed by atoms with Gasteiger partial charge >= 0.3 is 14.8 Å². The number of hydrogen-bond donors (Lipinski definition) is 4. The Kier molecular flexibility index (Phi) is 6.10. The molecule has 0 amide bonds. The molecule has 17 heavy (non-hydrogen) atoms. The van der Waals surface area contributed by atoms with Gasteiger partial charge in [-0.15, -0.1) is 0 Å². The molecule has 1 aromatic rings. The van der Waals surface area contributed by atoms with Crippen molar-refractivity contribution in [3.05, 3.63) is 29.1 Å². The summed E-state index contributed by atoms with van der Waals surface area (Å²) in [7, 11) is -2.76. The first kappa shape index (κ1) is 15.8. The first-order valence-electron chi connectivity index (χ1n) is 3.77. The first-order chi connectivity index (χ1) is 7.79. The average Bonchev–Trinajstić information content (AvgIpc) is 2.24. The molecule has 0 unspecified atom stereocenters. The van der Waals surface area contributed by atoms with Crippen molar-refractivity contribution in [1.82, 2.24) is 0 Å². The summed E-state index contributed by atoms with van der Waals surface area (Å²) in [6.45, 7) is 0. The lowest BCUT2D eigenvalue weighted by Crippen LogP contribution is -2.38. The van der Waals surface area contributed by atoms with Gasteiger partial charge in [-0.05, 0) is 0 Å². The normalized spacial score (nSPS) is 9.47. The van der Waals surface area contributed by atoms with Gasteiger partial charge < -0.3 is 20.1 Å². The summed E-state index contributed by atoms with van der Waals surface area (Å²) in [6, 6.07) is 0. The molecular weight excluding hydrogens is 253 g/mol. The third kappa shape index (κ3) is 3.40. The van der Waals surface area contributed by atoms with E-state index in [2.05, 4.69) is 0 Å². The lowest BCUT2D eigenvalue weighted by Gasteiger charge is -2.06. The molecule has 0 aliphatic rings. The molecule has 11 heteroatoms. The maximum atomic E-state index is 12.6. The van der Waals surface area contributed by atoms with Crippen molar-refractivity contribution in [1.29, 1.82) is 0 Å². The van der Waals surface area contributed by atoms with E-state index in [9.17, 15) is 22.0 Å². The first-order valence-corrected chi connectivity index (χ1v) is 3.77. The third-order valence-electron chi connectivity index (χ3n) is 1.50. The number of halogens is 5. The van der Waals surface area contributed by atoms with Gasteiger partial charge in [0, 0.05) is 0 Å². The Morgan fingerprint density at radius 1 is 0.706 bits per heavy atom. The van der Waals surface area contributed by atoms with Crippen LogP contribution in [0, 0.1) is 29.1 Å². The van der Waals surface area contributed by atoms with E-state index in [-0.39, 0.29) is 7.69 Å². The third-order valence-corrected chi connectivity index (χ3v) is 1.50. The smallest absolute Gasteiger partial charge is 0.429 e. The van der Waals surface area contributed by atoms with Crippen molar-refractivity contribution in [3.8, 4) is 0 Å². The van der Waals surface area contributed by atoms with E-state index >= 15 is 0 Å². The molecule has 1 radical (unpaired) electrons. The molecule has 0 heterocycles. The van der Waals surface area contributed by atoms with Crippen molar-refractivity contribution in [3.63, 3.8) is 0 Å². The Balaban J connectivity index is 0.000000770. The van der Waals surface area contributed by atoms with Crippen molar-refractivity contribution in [2.75, 3.05) is 0 Å². The van der Waals surface area contributed by atoms with Crippen molar-refractivity contribution >= 4 is 20.3 Å². The van der Waals surface area contributed by atoms with Gasteiger partial charge in [-0.1, -0.05) is 0 Å². The van der Waals surface area contributed by atoms with Gasteiger partial charge in [0.1, 0.15) is 0 Å². The molecule has 0 saturated carbocycles. The fourth-order valence-corrected chi connectivity index (χ4v) is 0.849. The van der Waals surface area contributed by atoms with Gasteiger partial charge in [0.25, 0.3) is 0 Å². The Morgan fingerprint density at radius 2 is 0.941 bits per heavy atom. The van der Waals surface area contributed by atoms with Crippen LogP contribution in [0.2, 0.25) is 0 Å². The molecule has 0 atom stereocenters. The summed E-state index contributed by atoms with van der Waals surface area (Å²) in [5.41, 5.74) is -1.67. The molecule has 0 aromatic heterocycles. The zero-order valence-electron chi connectivity index (χ0n) is 7.83. The van der Waals surface area contributed by atoms with E-state index < -0.39 is 41.7 Å². The zero-order chi connectivity index (χ0) is 13.7. The topological polar surface area (TPSA) is 80.9 Å². The van der Waals surface area contributed by atoms with E-state index in [1.807, 2.05) is 0 Å². The number of benzene rings is 1. The highest BCUT2D eigenvalue weighted by Crippen LogP contribution is 2.15. The predicted octanol–water partition coefficient (Wildman–Crippen LogP) is -1.43. The van der Waals surface area contributed by atoms with Gasteiger partial charge in [-0.2, -0.15) is 0 Å². The van der Waals surface area contributed by atoms with Crippen LogP contribution < -0.4 is 5.46 Å². The van der Waals surface area contributed by atoms with Gasteiger partial charge in [0.05, 0.1) is 5.46 Å². The van der Waals surface area contributed by atoms with E-state index in [0.717, 1.165) is 0 Å².